The van der Waals surface area contributed by atoms with Crippen LogP contribution in [0, 0.1) is 5.41 Å². The SMILES string of the molecule is COC[C@H]1CN(CCC(C)(C)[C@H](NC(=O)Oc2ccccc2)C(=O)OCc2ccccc2)CCN1C(=O)OC(C)(C)C. The summed E-state index contributed by atoms with van der Waals surface area (Å²) < 4.78 is 22.1. The number of amides is 2. The molecular formula is C32H45N3O7. The predicted octanol–water partition coefficient (Wildman–Crippen LogP) is 4.87. The molecule has 0 aliphatic carbocycles. The molecule has 0 radical (unpaired) electrons. The van der Waals surface area contributed by atoms with Crippen molar-refractivity contribution in [3.63, 3.8) is 0 Å². The number of carbonyl (C=O) groups is 3. The quantitative estimate of drug-likeness (QED) is 0.374. The highest BCUT2D eigenvalue weighted by Crippen LogP contribution is 2.28. The lowest BCUT2D eigenvalue weighted by Crippen LogP contribution is -2.58. The molecule has 0 unspecified atom stereocenters. The number of nitrogens with one attached hydrogen (secondary N) is 1. The molecule has 2 aromatic carbocycles. The molecule has 0 bridgehead atoms. The van der Waals surface area contributed by atoms with E-state index in [9.17, 15) is 14.4 Å². The van der Waals surface area contributed by atoms with E-state index in [2.05, 4.69) is 10.2 Å². The number of esters is 1. The van der Waals surface area contributed by atoms with Gasteiger partial charge in [0.25, 0.3) is 0 Å². The highest BCUT2D eigenvalue weighted by molar-refractivity contribution is 5.83. The van der Waals surface area contributed by atoms with Gasteiger partial charge in [0.15, 0.2) is 0 Å². The number of ether oxygens (including phenoxy) is 4. The number of piperazine rings is 1. The first kappa shape index (κ1) is 32.9. The summed E-state index contributed by atoms with van der Waals surface area (Å²) in [5, 5.41) is 2.76. The van der Waals surface area contributed by atoms with E-state index in [4.69, 9.17) is 18.9 Å². The van der Waals surface area contributed by atoms with E-state index in [1.54, 1.807) is 36.3 Å². The van der Waals surface area contributed by atoms with Gasteiger partial charge in [-0.3, -0.25) is 4.90 Å². The van der Waals surface area contributed by atoms with Gasteiger partial charge in [0.1, 0.15) is 24.0 Å². The first-order valence-electron chi connectivity index (χ1n) is 14.3. The highest BCUT2D eigenvalue weighted by atomic mass is 16.6. The average molecular weight is 584 g/mol. The van der Waals surface area contributed by atoms with Crippen LogP contribution in [0.15, 0.2) is 60.7 Å². The van der Waals surface area contributed by atoms with Crippen molar-refractivity contribution in [2.45, 2.75) is 65.3 Å². The lowest BCUT2D eigenvalue weighted by atomic mass is 9.80. The van der Waals surface area contributed by atoms with Crippen LogP contribution in [0.4, 0.5) is 9.59 Å². The number of carbonyl (C=O) groups excluding carboxylic acids is 3. The summed E-state index contributed by atoms with van der Waals surface area (Å²) in [6.07, 6.45) is -0.524. The Balaban J connectivity index is 1.67. The maximum absolute atomic E-state index is 13.4. The molecule has 0 spiro atoms. The molecule has 230 valence electrons. The summed E-state index contributed by atoms with van der Waals surface area (Å²) in [5.41, 5.74) is -0.432. The largest absolute Gasteiger partial charge is 0.459 e. The van der Waals surface area contributed by atoms with Crippen LogP contribution in [-0.2, 0) is 25.6 Å². The standard InChI is InChI=1S/C32H45N3O7/c1-31(2,3)42-30(38)35-20-19-34(21-25(35)23-39-6)18-17-32(4,5)27(28(36)40-22-24-13-9-7-10-14-24)33-29(37)41-26-15-11-8-12-16-26/h7-16,25,27H,17-23H2,1-6H3,(H,33,37)/t25-,27-/m1/s1. The van der Waals surface area contributed by atoms with Gasteiger partial charge in [0, 0.05) is 26.7 Å². The maximum atomic E-state index is 13.4. The van der Waals surface area contributed by atoms with Crippen LogP contribution >= 0.6 is 0 Å². The molecule has 1 N–H and O–H groups in total. The van der Waals surface area contributed by atoms with E-state index in [1.807, 2.05) is 71.0 Å². The van der Waals surface area contributed by atoms with Crippen LogP contribution < -0.4 is 10.1 Å². The van der Waals surface area contributed by atoms with Gasteiger partial charge in [-0.2, -0.15) is 0 Å². The van der Waals surface area contributed by atoms with Crippen LogP contribution in [0.1, 0.15) is 46.6 Å². The van der Waals surface area contributed by atoms with Gasteiger partial charge >= 0.3 is 18.2 Å². The van der Waals surface area contributed by atoms with E-state index in [1.165, 1.54) is 0 Å². The minimum absolute atomic E-state index is 0.0903. The zero-order chi connectivity index (χ0) is 30.8. The van der Waals surface area contributed by atoms with Crippen LogP contribution in [-0.4, -0.2) is 85.5 Å². The zero-order valence-corrected chi connectivity index (χ0v) is 25.6. The predicted molar refractivity (Wildman–Crippen MR) is 159 cm³/mol. The molecule has 1 fully saturated rings. The maximum Gasteiger partial charge on any atom is 0.413 e. The van der Waals surface area contributed by atoms with Gasteiger partial charge in [-0.1, -0.05) is 62.4 Å². The molecular weight excluding hydrogens is 538 g/mol. The fourth-order valence-corrected chi connectivity index (χ4v) is 4.74. The van der Waals surface area contributed by atoms with Gasteiger partial charge < -0.3 is 29.2 Å². The zero-order valence-electron chi connectivity index (χ0n) is 25.6. The smallest absolute Gasteiger partial charge is 0.413 e. The third kappa shape index (κ3) is 10.3. The van der Waals surface area contributed by atoms with E-state index in [0.717, 1.165) is 5.56 Å². The number of benzene rings is 2. The molecule has 3 rings (SSSR count). The lowest BCUT2D eigenvalue weighted by Gasteiger charge is -2.42. The van der Waals surface area contributed by atoms with E-state index in [0.29, 0.717) is 45.0 Å². The van der Waals surface area contributed by atoms with Crippen molar-refractivity contribution in [3.05, 3.63) is 66.2 Å². The Morgan fingerprint density at radius 1 is 0.952 bits per heavy atom. The average Bonchev–Trinajstić information content (AvgIpc) is 2.94. The molecule has 42 heavy (non-hydrogen) atoms. The minimum Gasteiger partial charge on any atom is -0.459 e. The molecule has 10 heteroatoms. The van der Waals surface area contributed by atoms with Crippen molar-refractivity contribution in [2.24, 2.45) is 5.41 Å². The summed E-state index contributed by atoms with van der Waals surface area (Å²) in [7, 11) is 1.61. The first-order chi connectivity index (χ1) is 19.9. The Morgan fingerprint density at radius 3 is 2.21 bits per heavy atom. The van der Waals surface area contributed by atoms with Crippen molar-refractivity contribution in [1.29, 1.82) is 0 Å². The van der Waals surface area contributed by atoms with Gasteiger partial charge in [0.2, 0.25) is 0 Å². The second-order valence-electron chi connectivity index (χ2n) is 12.2. The third-order valence-electron chi connectivity index (χ3n) is 7.08. The second-order valence-corrected chi connectivity index (χ2v) is 12.2. The lowest BCUT2D eigenvalue weighted by molar-refractivity contribution is -0.150. The topological polar surface area (TPSA) is 107 Å². The number of hydrogen-bond acceptors (Lipinski definition) is 8. The van der Waals surface area contributed by atoms with E-state index in [-0.39, 0.29) is 18.7 Å². The van der Waals surface area contributed by atoms with Gasteiger partial charge in [0.05, 0.1) is 12.6 Å². The second kappa shape index (κ2) is 15.0. The Kier molecular flexibility index (Phi) is 11.8. The first-order valence-corrected chi connectivity index (χ1v) is 14.3. The molecule has 1 saturated heterocycles. The van der Waals surface area contributed by atoms with Crippen molar-refractivity contribution in [3.8, 4) is 5.75 Å². The summed E-state index contributed by atoms with van der Waals surface area (Å²) in [6, 6.07) is 16.9. The molecule has 1 aliphatic rings. The summed E-state index contributed by atoms with van der Waals surface area (Å²) in [6.45, 7) is 12.2. The minimum atomic E-state index is -0.963. The van der Waals surface area contributed by atoms with E-state index >= 15 is 0 Å². The van der Waals surface area contributed by atoms with Gasteiger partial charge in [-0.15, -0.1) is 0 Å². The number of para-hydroxylation sites is 1. The number of hydrogen-bond donors (Lipinski definition) is 1. The number of methoxy groups -OCH3 is 1. The van der Waals surface area contributed by atoms with Crippen LogP contribution in [0.2, 0.25) is 0 Å². The monoisotopic (exact) mass is 583 g/mol. The summed E-state index contributed by atoms with van der Waals surface area (Å²) >= 11 is 0. The Morgan fingerprint density at radius 2 is 1.60 bits per heavy atom. The molecule has 1 heterocycles. The summed E-state index contributed by atoms with van der Waals surface area (Å²) in [4.78, 5) is 43.0. The molecule has 2 atom stereocenters. The Labute approximate surface area is 249 Å². The fraction of sp³-hybridized carbons (Fsp3) is 0.531. The molecule has 0 saturated carbocycles. The molecule has 2 amide bonds. The van der Waals surface area contributed by atoms with Crippen LogP contribution in [0.25, 0.3) is 0 Å². The normalized spacial score (nSPS) is 16.8. The Hall–Kier alpha value is -3.63. The highest BCUT2D eigenvalue weighted by Gasteiger charge is 2.40. The number of nitrogens with zero attached hydrogens (tertiary/aromatic N) is 2. The van der Waals surface area contributed by atoms with Crippen molar-refractivity contribution >= 4 is 18.2 Å². The van der Waals surface area contributed by atoms with Crippen molar-refractivity contribution < 1.29 is 33.3 Å². The molecule has 1 aliphatic heterocycles. The Bertz CT molecular complexity index is 1150. The van der Waals surface area contributed by atoms with Crippen molar-refractivity contribution in [2.75, 3.05) is 39.9 Å². The van der Waals surface area contributed by atoms with Crippen LogP contribution in [0.3, 0.4) is 0 Å². The van der Waals surface area contributed by atoms with Gasteiger partial charge in [-0.25, -0.2) is 14.4 Å². The molecule has 10 nitrogen and oxygen atoms in total. The number of rotatable bonds is 11. The van der Waals surface area contributed by atoms with Crippen LogP contribution in [0.5, 0.6) is 5.75 Å². The van der Waals surface area contributed by atoms with Crippen molar-refractivity contribution in [1.82, 2.24) is 15.1 Å². The fourth-order valence-electron chi connectivity index (χ4n) is 4.74. The van der Waals surface area contributed by atoms with Gasteiger partial charge in [-0.05, 0) is 56.8 Å². The third-order valence-corrected chi connectivity index (χ3v) is 7.08. The molecule has 2 aromatic rings. The van der Waals surface area contributed by atoms with E-state index < -0.39 is 29.1 Å². The summed E-state index contributed by atoms with van der Waals surface area (Å²) in [5.74, 6) is -0.169. The molecule has 0 aromatic heterocycles.